The van der Waals surface area contributed by atoms with Crippen LogP contribution in [0, 0.1) is 11.3 Å². The van der Waals surface area contributed by atoms with Crippen molar-refractivity contribution in [1.29, 1.82) is 5.26 Å². The first-order chi connectivity index (χ1) is 10.4. The van der Waals surface area contributed by atoms with Gasteiger partial charge in [0.1, 0.15) is 11.7 Å². The molecule has 0 aliphatic carbocycles. The van der Waals surface area contributed by atoms with Crippen molar-refractivity contribution in [3.05, 3.63) is 58.4 Å². The summed E-state index contributed by atoms with van der Waals surface area (Å²) < 4.78 is 42.8. The lowest BCUT2D eigenvalue weighted by Gasteiger charge is -2.13. The molecule has 7 heteroatoms. The fourth-order valence-electron chi connectivity index (χ4n) is 1.91. The monoisotopic (exact) mass is 326 g/mol. The summed E-state index contributed by atoms with van der Waals surface area (Å²) in [6, 6.07) is 9.36. The predicted molar refractivity (Wildman–Crippen MR) is 74.7 cm³/mol. The molecule has 0 saturated carbocycles. The van der Waals surface area contributed by atoms with Gasteiger partial charge in [0.2, 0.25) is 0 Å². The average Bonchev–Trinajstić information content (AvgIpc) is 2.49. The van der Waals surface area contributed by atoms with Gasteiger partial charge in [-0.3, -0.25) is 4.98 Å². The van der Waals surface area contributed by atoms with Crippen molar-refractivity contribution in [1.82, 2.24) is 4.98 Å². The van der Waals surface area contributed by atoms with E-state index in [1.165, 1.54) is 7.11 Å². The number of rotatable bonds is 3. The van der Waals surface area contributed by atoms with E-state index in [1.807, 2.05) is 6.07 Å². The zero-order valence-electron chi connectivity index (χ0n) is 11.4. The molecule has 1 aromatic heterocycles. The number of ether oxygens (including phenoxy) is 1. The van der Waals surface area contributed by atoms with Gasteiger partial charge >= 0.3 is 6.18 Å². The Bertz CT molecular complexity index is 708. The van der Waals surface area contributed by atoms with E-state index >= 15 is 0 Å². The Hall–Kier alpha value is -2.26. The standard InChI is InChI=1S/C15H10ClF3N2O/c1-22-11-4-2-9(3-5-11)12(7-20)14-13(16)6-10(8-21-14)15(17,18)19/h2-6,8,12H,1H3. The lowest BCUT2D eigenvalue weighted by molar-refractivity contribution is -0.137. The third-order valence-corrected chi connectivity index (χ3v) is 3.35. The van der Waals surface area contributed by atoms with Crippen LogP contribution in [0.4, 0.5) is 13.2 Å². The fraction of sp³-hybridized carbons (Fsp3) is 0.200. The Morgan fingerprint density at radius 1 is 1.27 bits per heavy atom. The summed E-state index contributed by atoms with van der Waals surface area (Å²) in [5, 5.41) is 9.11. The van der Waals surface area contributed by atoms with Gasteiger partial charge in [-0.25, -0.2) is 0 Å². The molecule has 0 N–H and O–H groups in total. The number of halogens is 4. The Morgan fingerprint density at radius 3 is 2.36 bits per heavy atom. The highest BCUT2D eigenvalue weighted by molar-refractivity contribution is 6.31. The minimum Gasteiger partial charge on any atom is -0.497 e. The van der Waals surface area contributed by atoms with Crippen LogP contribution in [-0.2, 0) is 6.18 Å². The van der Waals surface area contributed by atoms with E-state index in [2.05, 4.69) is 4.98 Å². The van der Waals surface area contributed by atoms with Gasteiger partial charge in [-0.1, -0.05) is 23.7 Å². The smallest absolute Gasteiger partial charge is 0.417 e. The normalized spacial score (nSPS) is 12.5. The van der Waals surface area contributed by atoms with Gasteiger partial charge in [-0.15, -0.1) is 0 Å². The molecule has 1 unspecified atom stereocenters. The van der Waals surface area contributed by atoms with Gasteiger partial charge in [0.25, 0.3) is 0 Å². The van der Waals surface area contributed by atoms with E-state index in [9.17, 15) is 18.4 Å². The molecule has 0 aliphatic rings. The van der Waals surface area contributed by atoms with Crippen molar-refractivity contribution >= 4 is 11.6 Å². The van der Waals surface area contributed by atoms with Gasteiger partial charge in [0.05, 0.1) is 29.5 Å². The Kier molecular flexibility index (Phi) is 4.57. The number of hydrogen-bond acceptors (Lipinski definition) is 3. The first-order valence-electron chi connectivity index (χ1n) is 6.13. The minimum atomic E-state index is -4.53. The number of aromatic nitrogens is 1. The van der Waals surface area contributed by atoms with Crippen LogP contribution >= 0.6 is 11.6 Å². The van der Waals surface area contributed by atoms with Crippen LogP contribution in [-0.4, -0.2) is 12.1 Å². The SMILES string of the molecule is COc1ccc(C(C#N)c2ncc(C(F)(F)F)cc2Cl)cc1. The van der Waals surface area contributed by atoms with Gasteiger partial charge in [-0.2, -0.15) is 18.4 Å². The molecule has 0 saturated heterocycles. The molecular formula is C15H10ClF3N2O. The molecule has 0 aliphatic heterocycles. The topological polar surface area (TPSA) is 45.9 Å². The second-order valence-corrected chi connectivity index (χ2v) is 4.83. The van der Waals surface area contributed by atoms with Crippen molar-refractivity contribution in [3.8, 4) is 11.8 Å². The molecular weight excluding hydrogens is 317 g/mol. The lowest BCUT2D eigenvalue weighted by atomic mass is 9.96. The van der Waals surface area contributed by atoms with Gasteiger partial charge < -0.3 is 4.74 Å². The largest absolute Gasteiger partial charge is 0.497 e. The highest BCUT2D eigenvalue weighted by Crippen LogP contribution is 2.34. The van der Waals surface area contributed by atoms with Gasteiger partial charge in [-0.05, 0) is 23.8 Å². The van der Waals surface area contributed by atoms with E-state index in [4.69, 9.17) is 16.3 Å². The molecule has 0 amide bonds. The van der Waals surface area contributed by atoms with Crippen molar-refractivity contribution in [2.45, 2.75) is 12.1 Å². The summed E-state index contributed by atoms with van der Waals surface area (Å²) in [5.41, 5.74) is -0.299. The van der Waals surface area contributed by atoms with Crippen LogP contribution in [0.5, 0.6) is 5.75 Å². The molecule has 114 valence electrons. The summed E-state index contributed by atoms with van der Waals surface area (Å²) in [6.45, 7) is 0. The summed E-state index contributed by atoms with van der Waals surface area (Å²) in [4.78, 5) is 3.73. The maximum Gasteiger partial charge on any atom is 0.417 e. The third kappa shape index (κ3) is 3.31. The molecule has 2 rings (SSSR count). The first kappa shape index (κ1) is 16.1. The van der Waals surface area contributed by atoms with E-state index in [-0.39, 0.29) is 10.7 Å². The van der Waals surface area contributed by atoms with Crippen LogP contribution < -0.4 is 4.74 Å². The number of hydrogen-bond donors (Lipinski definition) is 0. The summed E-state index contributed by atoms with van der Waals surface area (Å²) >= 11 is 5.88. The average molecular weight is 327 g/mol. The maximum atomic E-state index is 12.6. The Balaban J connectivity index is 2.41. The number of methoxy groups -OCH3 is 1. The number of benzene rings is 1. The van der Waals surface area contributed by atoms with Gasteiger partial charge in [0.15, 0.2) is 0 Å². The second-order valence-electron chi connectivity index (χ2n) is 4.42. The van der Waals surface area contributed by atoms with E-state index < -0.39 is 17.7 Å². The molecule has 1 atom stereocenters. The van der Waals surface area contributed by atoms with Crippen LogP contribution in [0.15, 0.2) is 36.5 Å². The van der Waals surface area contributed by atoms with Crippen molar-refractivity contribution in [3.63, 3.8) is 0 Å². The lowest BCUT2D eigenvalue weighted by Crippen LogP contribution is -2.08. The third-order valence-electron chi connectivity index (χ3n) is 3.05. The molecule has 1 heterocycles. The molecule has 0 fully saturated rings. The number of alkyl halides is 3. The number of pyridine rings is 1. The second kappa shape index (κ2) is 6.24. The van der Waals surface area contributed by atoms with Crippen molar-refractivity contribution in [2.24, 2.45) is 0 Å². The number of nitriles is 1. The number of nitrogens with zero attached hydrogens (tertiary/aromatic N) is 2. The molecule has 2 aromatic rings. The fourth-order valence-corrected chi connectivity index (χ4v) is 2.18. The van der Waals surface area contributed by atoms with Gasteiger partial charge in [0, 0.05) is 6.20 Å². The molecule has 0 radical (unpaired) electrons. The Morgan fingerprint density at radius 2 is 1.91 bits per heavy atom. The van der Waals surface area contributed by atoms with E-state index in [0.29, 0.717) is 17.5 Å². The predicted octanol–water partition coefficient (Wildman–Crippen LogP) is 4.42. The van der Waals surface area contributed by atoms with Crippen molar-refractivity contribution < 1.29 is 17.9 Å². The summed E-state index contributed by atoms with van der Waals surface area (Å²) in [6.07, 6.45) is -3.85. The van der Waals surface area contributed by atoms with E-state index in [0.717, 1.165) is 6.07 Å². The molecule has 1 aromatic carbocycles. The van der Waals surface area contributed by atoms with Crippen LogP contribution in [0.3, 0.4) is 0 Å². The maximum absolute atomic E-state index is 12.6. The highest BCUT2D eigenvalue weighted by Gasteiger charge is 2.32. The van der Waals surface area contributed by atoms with Crippen molar-refractivity contribution in [2.75, 3.05) is 7.11 Å². The zero-order valence-corrected chi connectivity index (χ0v) is 12.1. The molecule has 0 bridgehead atoms. The molecule has 0 spiro atoms. The summed E-state index contributed by atoms with van der Waals surface area (Å²) in [5.74, 6) is -0.257. The molecule has 22 heavy (non-hydrogen) atoms. The zero-order chi connectivity index (χ0) is 16.3. The quantitative estimate of drug-likeness (QED) is 0.839. The Labute approximate surface area is 129 Å². The van der Waals surface area contributed by atoms with Crippen LogP contribution in [0.2, 0.25) is 5.02 Å². The highest BCUT2D eigenvalue weighted by atomic mass is 35.5. The molecule has 3 nitrogen and oxygen atoms in total. The van der Waals surface area contributed by atoms with Crippen LogP contribution in [0.1, 0.15) is 22.7 Å². The van der Waals surface area contributed by atoms with Crippen LogP contribution in [0.25, 0.3) is 0 Å². The summed E-state index contributed by atoms with van der Waals surface area (Å²) in [7, 11) is 1.51. The van der Waals surface area contributed by atoms with E-state index in [1.54, 1.807) is 24.3 Å². The first-order valence-corrected chi connectivity index (χ1v) is 6.51. The minimum absolute atomic E-state index is 0.0855.